The average molecular weight is 1590 g/mol. The molecule has 43 nitrogen and oxygen atoms in total. The minimum atomic E-state index is -1.90. The van der Waals surface area contributed by atoms with E-state index in [0.717, 1.165) is 0 Å². The summed E-state index contributed by atoms with van der Waals surface area (Å²) < 4.78 is 88.0. The van der Waals surface area contributed by atoms with Crippen LogP contribution in [0.1, 0.15) is 6.42 Å². The van der Waals surface area contributed by atoms with Crippen LogP contribution in [0.4, 0.5) is 0 Å². The van der Waals surface area contributed by atoms with Gasteiger partial charge in [-0.05, 0) is 7.05 Å². The predicted octanol–water partition coefficient (Wildman–Crippen LogP) is -14.2. The Morgan fingerprint density at radius 3 is 0.630 bits per heavy atom. The SMILES string of the molecule is CN[C@@H](CC(=O)NCCOCCOCCOCCOCCOCCOCCOCCOCCN(C[C@H](O)[C@@H](O)[C@H](O)[C@H](O)CO)C[C@H](O)[C@@H](O)[C@H](O)[C@H](O)CO)C(=O)NCCOCCOCCOCCOCCOCCOCCOCCOCCN(C[C@H](O)[C@@H](O)[C@H](O)[C@H](O)CO)C[C@H](O)[C@@H](O)[C@H](O)[C@H](O)CO. The van der Waals surface area contributed by atoms with Crippen LogP contribution in [-0.4, -0.2) is 525 Å². The van der Waals surface area contributed by atoms with Gasteiger partial charge in [-0.3, -0.25) is 19.4 Å². The number of carbonyl (C=O) groups excluding carboxylic acids is 2. The minimum absolute atomic E-state index is 0.00521. The summed E-state index contributed by atoms with van der Waals surface area (Å²) in [6, 6.07) is -0.747. The maximum absolute atomic E-state index is 12.6. The molecule has 0 radical (unpaired) electrons. The summed E-state index contributed by atoms with van der Waals surface area (Å²) in [6.07, 6.45) is -29.0. The number of aliphatic hydroxyl groups excluding tert-OH is 20. The van der Waals surface area contributed by atoms with Crippen molar-refractivity contribution in [3.63, 3.8) is 0 Å². The van der Waals surface area contributed by atoms with Gasteiger partial charge in [-0.2, -0.15) is 0 Å². The van der Waals surface area contributed by atoms with Crippen LogP contribution >= 0.6 is 0 Å². The Morgan fingerprint density at radius 1 is 0.259 bits per heavy atom. The average Bonchev–Trinajstić information content (AvgIpc) is 0.874. The van der Waals surface area contributed by atoms with Gasteiger partial charge < -0.3 is 194 Å². The minimum Gasteiger partial charge on any atom is -0.394 e. The largest absolute Gasteiger partial charge is 0.394 e. The second kappa shape index (κ2) is 72.1. The molecule has 108 heavy (non-hydrogen) atoms. The van der Waals surface area contributed by atoms with E-state index in [1.54, 1.807) is 7.05 Å². The molecule has 0 saturated heterocycles. The lowest BCUT2D eigenvalue weighted by Gasteiger charge is -2.33. The maximum Gasteiger partial charge on any atom is 0.237 e. The van der Waals surface area contributed by atoms with Crippen molar-refractivity contribution in [1.82, 2.24) is 25.8 Å². The van der Waals surface area contributed by atoms with E-state index < -0.39 is 156 Å². The molecule has 0 aromatic heterocycles. The number of nitrogens with zero attached hydrogens (tertiary/aromatic N) is 2. The first-order valence-corrected chi connectivity index (χ1v) is 36.3. The summed E-state index contributed by atoms with van der Waals surface area (Å²) in [5.74, 6) is -0.672. The van der Waals surface area contributed by atoms with Gasteiger partial charge in [-0.15, -0.1) is 0 Å². The van der Waals surface area contributed by atoms with Crippen LogP contribution < -0.4 is 16.0 Å². The summed E-state index contributed by atoms with van der Waals surface area (Å²) in [4.78, 5) is 27.7. The van der Waals surface area contributed by atoms with Crippen LogP contribution in [0.2, 0.25) is 0 Å². The monoisotopic (exact) mass is 1590 g/mol. The highest BCUT2D eigenvalue weighted by Gasteiger charge is 2.37. The first-order valence-electron chi connectivity index (χ1n) is 36.3. The smallest absolute Gasteiger partial charge is 0.237 e. The molecule has 0 aliphatic rings. The highest BCUT2D eigenvalue weighted by molar-refractivity contribution is 5.88. The molecule has 0 aliphatic heterocycles. The highest BCUT2D eigenvalue weighted by Crippen LogP contribution is 2.14. The molecule has 0 bridgehead atoms. The fraction of sp³-hybridized carbons (Fsp3) is 0.969. The second-order valence-electron chi connectivity index (χ2n) is 24.2. The number of rotatable bonds is 82. The molecule has 0 unspecified atom stereocenters. The first-order chi connectivity index (χ1) is 52.0. The van der Waals surface area contributed by atoms with Crippen LogP contribution in [0.5, 0.6) is 0 Å². The quantitative estimate of drug-likeness (QED) is 0.0251. The fourth-order valence-corrected chi connectivity index (χ4v) is 9.14. The molecule has 17 atom stereocenters. The first kappa shape index (κ1) is 105. The predicted molar refractivity (Wildman–Crippen MR) is 374 cm³/mol. The summed E-state index contributed by atoms with van der Waals surface area (Å²) in [5.41, 5.74) is 0. The van der Waals surface area contributed by atoms with Crippen molar-refractivity contribution in [3.8, 4) is 0 Å². The zero-order chi connectivity index (χ0) is 80.4. The van der Waals surface area contributed by atoms with Crippen molar-refractivity contribution < 1.29 is 188 Å². The third kappa shape index (κ3) is 55.8. The number of amides is 2. The van der Waals surface area contributed by atoms with Gasteiger partial charge in [0.2, 0.25) is 11.8 Å². The zero-order valence-corrected chi connectivity index (χ0v) is 62.3. The van der Waals surface area contributed by atoms with Gasteiger partial charge in [-0.25, -0.2) is 0 Å². The van der Waals surface area contributed by atoms with Crippen molar-refractivity contribution in [3.05, 3.63) is 0 Å². The Balaban J connectivity index is 3.78. The van der Waals surface area contributed by atoms with E-state index in [1.165, 1.54) is 9.80 Å². The van der Waals surface area contributed by atoms with Crippen LogP contribution in [-0.2, 0) is 85.4 Å². The lowest BCUT2D eigenvalue weighted by molar-refractivity contribution is -0.131. The van der Waals surface area contributed by atoms with Crippen LogP contribution in [0, 0.1) is 0 Å². The number of carbonyl (C=O) groups is 2. The lowest BCUT2D eigenvalue weighted by Crippen LogP contribution is -2.53. The Kier molecular flexibility index (Phi) is 70.4. The van der Waals surface area contributed by atoms with E-state index in [4.69, 9.17) is 96.2 Å². The molecule has 43 heteroatoms. The molecule has 0 aliphatic carbocycles. The van der Waals surface area contributed by atoms with Gasteiger partial charge in [0.05, 0.1) is 275 Å². The molecule has 0 aromatic carbocycles. The molecule has 646 valence electrons. The van der Waals surface area contributed by atoms with Crippen molar-refractivity contribution in [2.45, 2.75) is 110 Å². The number of hydrogen-bond acceptors (Lipinski definition) is 41. The van der Waals surface area contributed by atoms with Gasteiger partial charge in [0.15, 0.2) is 0 Å². The van der Waals surface area contributed by atoms with E-state index in [-0.39, 0.29) is 110 Å². The highest BCUT2D eigenvalue weighted by atomic mass is 16.6. The molecule has 0 rings (SSSR count). The van der Waals surface area contributed by atoms with Crippen molar-refractivity contribution in [1.29, 1.82) is 0 Å². The Bertz CT molecular complexity index is 1940. The summed E-state index contributed by atoms with van der Waals surface area (Å²) in [7, 11) is 1.59. The molecule has 2 amide bonds. The lowest BCUT2D eigenvalue weighted by atomic mass is 10.0. The molecule has 0 fully saturated rings. The van der Waals surface area contributed by atoms with Gasteiger partial charge in [0.1, 0.15) is 73.2 Å². The number of aliphatic hydroxyl groups is 20. The van der Waals surface area contributed by atoms with E-state index in [1.807, 2.05) is 0 Å². The molecule has 0 saturated carbocycles. The normalized spacial score (nSPS) is 17.0. The third-order valence-electron chi connectivity index (χ3n) is 15.6. The second-order valence-corrected chi connectivity index (χ2v) is 24.2. The fourth-order valence-electron chi connectivity index (χ4n) is 9.14. The number of nitrogens with one attached hydrogen (secondary N) is 3. The van der Waals surface area contributed by atoms with Gasteiger partial charge in [-0.1, -0.05) is 0 Å². The van der Waals surface area contributed by atoms with Crippen molar-refractivity contribution >= 4 is 11.8 Å². The van der Waals surface area contributed by atoms with E-state index in [9.17, 15) is 91.3 Å². The molecule has 23 N–H and O–H groups in total. The summed E-state index contributed by atoms with van der Waals surface area (Å²) in [5, 5.41) is 206. The number of ether oxygens (including phenoxy) is 16. The molecule has 0 heterocycles. The molecule has 0 spiro atoms. The number of likely N-dealkylation sites (N-methyl/N-ethyl adjacent to an activating group) is 1. The van der Waals surface area contributed by atoms with Gasteiger partial charge >= 0.3 is 0 Å². The number of hydrogen-bond donors (Lipinski definition) is 23. The van der Waals surface area contributed by atoms with Gasteiger partial charge in [0.25, 0.3) is 0 Å². The maximum atomic E-state index is 12.6. The van der Waals surface area contributed by atoms with Crippen LogP contribution in [0.15, 0.2) is 0 Å². The van der Waals surface area contributed by atoms with E-state index in [0.29, 0.717) is 145 Å². The van der Waals surface area contributed by atoms with Crippen molar-refractivity contribution in [2.75, 3.05) is 297 Å². The zero-order valence-electron chi connectivity index (χ0n) is 62.3. The molecular weight excluding hydrogens is 1460 g/mol. The molecule has 0 aromatic rings. The standard InChI is InChI=1S/C65H133N5O38/c1-66-47(65(92)68-3-7-94-11-15-98-19-23-102-27-31-106-35-37-108-33-29-104-25-21-100-17-13-96-9-5-70(41-50(77)59(86)63(90)54(81)45-73)42-51(78)60(87)64(91)55(82)46-74)38-56(83)67-2-6-93-10-14-97-18-22-101-26-30-105-34-36-107-32-28-103-24-20-99-16-12-95-8-4-69(39-48(75)57(84)61(88)52(79)43-71)40-49(76)58(85)62(89)53(80)44-72/h47-55,57-64,66,71-82,84-91H,2-46H2,1H3,(H,67,83)(H,68,92)/t47-,48-,49-,50-,51-,52+,53+,54+,55+,57+,58+,59+,60+,61+,62+,63+,64+/m0/s1. The Labute approximate surface area is 630 Å². The molecular formula is C65H133N5O38. The van der Waals surface area contributed by atoms with Crippen molar-refractivity contribution in [2.24, 2.45) is 0 Å². The third-order valence-corrected chi connectivity index (χ3v) is 15.6. The Morgan fingerprint density at radius 2 is 0.435 bits per heavy atom. The topological polar surface area (TPSA) is 629 Å². The van der Waals surface area contributed by atoms with Gasteiger partial charge in [0, 0.05) is 52.4 Å². The summed E-state index contributed by atoms with van der Waals surface area (Å²) >= 11 is 0. The Hall–Kier alpha value is -2.62. The summed E-state index contributed by atoms with van der Waals surface area (Å²) in [6.45, 7) is 4.51. The van der Waals surface area contributed by atoms with E-state index in [2.05, 4.69) is 16.0 Å². The van der Waals surface area contributed by atoms with Crippen LogP contribution in [0.3, 0.4) is 0 Å². The van der Waals surface area contributed by atoms with Crippen LogP contribution in [0.25, 0.3) is 0 Å². The van der Waals surface area contributed by atoms with E-state index >= 15 is 0 Å².